The Balaban J connectivity index is 3.19. The normalized spacial score (nSPS) is 12.2. The average Bonchev–Trinajstić information content (AvgIpc) is 2.36. The lowest BCUT2D eigenvalue weighted by Crippen LogP contribution is -2.31. The maximum Gasteiger partial charge on any atom is 0.126 e. The molecule has 0 aliphatic carbocycles. The van der Waals surface area contributed by atoms with Gasteiger partial charge in [-0.1, -0.05) is 19.4 Å². The van der Waals surface area contributed by atoms with Crippen molar-refractivity contribution >= 4 is 23.3 Å². The third kappa shape index (κ3) is 3.19. The Morgan fingerprint density at radius 2 is 2.17 bits per heavy atom. The summed E-state index contributed by atoms with van der Waals surface area (Å²) in [4.78, 5) is 3.29. The van der Waals surface area contributed by atoms with Crippen LogP contribution in [0, 0.1) is 5.41 Å². The quantitative estimate of drug-likeness (QED) is 0.471. The van der Waals surface area contributed by atoms with E-state index in [1.165, 1.54) is 0 Å². The number of nitrogens with two attached hydrogens (primary N) is 1. The van der Waals surface area contributed by atoms with Gasteiger partial charge in [-0.2, -0.15) is 0 Å². The number of nitrogens with zero attached hydrogens (tertiary/aromatic N) is 1. The van der Waals surface area contributed by atoms with E-state index < -0.39 is 0 Å². The van der Waals surface area contributed by atoms with Gasteiger partial charge in [0, 0.05) is 23.7 Å². The van der Waals surface area contributed by atoms with Crippen LogP contribution in [0.3, 0.4) is 0 Å². The van der Waals surface area contributed by atoms with Crippen LogP contribution in [0.5, 0.6) is 0 Å². The van der Waals surface area contributed by atoms with Crippen LogP contribution in [-0.4, -0.2) is 25.2 Å². The second kappa shape index (κ2) is 6.69. The molecule has 1 aromatic carbocycles. The van der Waals surface area contributed by atoms with Crippen LogP contribution in [-0.2, 0) is 0 Å². The Labute approximate surface area is 114 Å². The zero-order valence-electron chi connectivity index (χ0n) is 11.7. The summed E-state index contributed by atoms with van der Waals surface area (Å²) in [5.74, 6) is 0.144. The van der Waals surface area contributed by atoms with Gasteiger partial charge >= 0.3 is 0 Å². The van der Waals surface area contributed by atoms with Crippen molar-refractivity contribution in [3.05, 3.63) is 23.8 Å². The number of benzene rings is 1. The SMILES string of the molecule is CCCC(C)N(C)c1cccc(SC)c1C(=N)N. The Morgan fingerprint density at radius 1 is 1.50 bits per heavy atom. The van der Waals surface area contributed by atoms with Gasteiger partial charge in [-0.15, -0.1) is 11.8 Å². The summed E-state index contributed by atoms with van der Waals surface area (Å²) in [5.41, 5.74) is 7.65. The standard InChI is InChI=1S/C14H23N3S/c1-5-7-10(2)17(3)11-8-6-9-12(18-4)13(11)14(15)16/h6,8-10H,5,7H2,1-4H3,(H3,15,16). The highest BCUT2D eigenvalue weighted by molar-refractivity contribution is 7.98. The highest BCUT2D eigenvalue weighted by Gasteiger charge is 2.17. The molecule has 0 radical (unpaired) electrons. The van der Waals surface area contributed by atoms with E-state index in [9.17, 15) is 0 Å². The zero-order valence-corrected chi connectivity index (χ0v) is 12.5. The Kier molecular flexibility index (Phi) is 5.54. The first-order chi connectivity index (χ1) is 8.52. The summed E-state index contributed by atoms with van der Waals surface area (Å²) in [6.07, 6.45) is 4.31. The van der Waals surface area contributed by atoms with Crippen molar-refractivity contribution in [2.24, 2.45) is 5.73 Å². The maximum atomic E-state index is 7.79. The molecule has 4 heteroatoms. The molecule has 3 nitrogen and oxygen atoms in total. The zero-order chi connectivity index (χ0) is 13.7. The van der Waals surface area contributed by atoms with E-state index in [1.54, 1.807) is 11.8 Å². The Bertz CT molecular complexity index is 418. The van der Waals surface area contributed by atoms with Crippen molar-refractivity contribution in [1.29, 1.82) is 5.41 Å². The number of hydrogen-bond donors (Lipinski definition) is 2. The molecular formula is C14H23N3S. The molecule has 1 aromatic rings. The molecule has 0 bridgehead atoms. The molecule has 0 aliphatic heterocycles. The number of nitrogens with one attached hydrogen (secondary N) is 1. The number of anilines is 1. The molecule has 3 N–H and O–H groups in total. The fraction of sp³-hybridized carbons (Fsp3) is 0.500. The fourth-order valence-corrected chi connectivity index (χ4v) is 2.74. The van der Waals surface area contributed by atoms with Crippen molar-refractivity contribution in [1.82, 2.24) is 0 Å². The van der Waals surface area contributed by atoms with Crippen molar-refractivity contribution in [3.8, 4) is 0 Å². The van der Waals surface area contributed by atoms with Gasteiger partial charge in [0.1, 0.15) is 5.84 Å². The maximum absolute atomic E-state index is 7.79. The number of hydrogen-bond acceptors (Lipinski definition) is 3. The van der Waals surface area contributed by atoms with Crippen LogP contribution in [0.2, 0.25) is 0 Å². The summed E-state index contributed by atoms with van der Waals surface area (Å²) in [6, 6.07) is 6.54. The molecule has 1 atom stereocenters. The summed E-state index contributed by atoms with van der Waals surface area (Å²) in [6.45, 7) is 4.40. The van der Waals surface area contributed by atoms with E-state index in [-0.39, 0.29) is 5.84 Å². The number of nitrogen functional groups attached to an aromatic ring is 1. The molecule has 100 valence electrons. The average molecular weight is 265 g/mol. The third-order valence-electron chi connectivity index (χ3n) is 3.24. The lowest BCUT2D eigenvalue weighted by atomic mass is 10.1. The van der Waals surface area contributed by atoms with Gasteiger partial charge in [0.05, 0.1) is 5.56 Å². The largest absolute Gasteiger partial charge is 0.384 e. The van der Waals surface area contributed by atoms with Gasteiger partial charge in [0.2, 0.25) is 0 Å². The van der Waals surface area contributed by atoms with E-state index in [2.05, 4.69) is 25.8 Å². The van der Waals surface area contributed by atoms with Crippen molar-refractivity contribution in [3.63, 3.8) is 0 Å². The van der Waals surface area contributed by atoms with Crippen LogP contribution in [0.1, 0.15) is 32.3 Å². The van der Waals surface area contributed by atoms with Crippen LogP contribution >= 0.6 is 11.8 Å². The Morgan fingerprint density at radius 3 is 2.67 bits per heavy atom. The topological polar surface area (TPSA) is 53.1 Å². The van der Waals surface area contributed by atoms with E-state index in [0.717, 1.165) is 29.0 Å². The minimum atomic E-state index is 0.144. The Hall–Kier alpha value is -1.16. The van der Waals surface area contributed by atoms with Crippen LogP contribution < -0.4 is 10.6 Å². The second-order valence-corrected chi connectivity index (χ2v) is 5.36. The molecule has 18 heavy (non-hydrogen) atoms. The number of amidine groups is 1. The third-order valence-corrected chi connectivity index (χ3v) is 4.02. The molecule has 0 saturated heterocycles. The van der Waals surface area contributed by atoms with Gasteiger partial charge < -0.3 is 10.6 Å². The van der Waals surface area contributed by atoms with E-state index in [0.29, 0.717) is 6.04 Å². The van der Waals surface area contributed by atoms with Crippen LogP contribution in [0.25, 0.3) is 0 Å². The number of rotatable bonds is 6. The first-order valence-corrected chi connectivity index (χ1v) is 7.49. The summed E-state index contributed by atoms with van der Waals surface area (Å²) in [7, 11) is 2.08. The smallest absolute Gasteiger partial charge is 0.126 e. The van der Waals surface area contributed by atoms with Crippen molar-refractivity contribution < 1.29 is 0 Å². The first kappa shape index (κ1) is 14.9. The minimum Gasteiger partial charge on any atom is -0.384 e. The molecule has 1 unspecified atom stereocenters. The van der Waals surface area contributed by atoms with Gasteiger partial charge in [-0.25, -0.2) is 0 Å². The highest BCUT2D eigenvalue weighted by atomic mass is 32.2. The molecule has 0 aromatic heterocycles. The fourth-order valence-electron chi connectivity index (χ4n) is 2.10. The van der Waals surface area contributed by atoms with Gasteiger partial charge in [0.15, 0.2) is 0 Å². The lowest BCUT2D eigenvalue weighted by Gasteiger charge is -2.29. The molecule has 0 heterocycles. The minimum absolute atomic E-state index is 0.144. The van der Waals surface area contributed by atoms with Crippen molar-refractivity contribution in [2.45, 2.75) is 37.6 Å². The second-order valence-electron chi connectivity index (χ2n) is 4.52. The van der Waals surface area contributed by atoms with Gasteiger partial charge in [-0.3, -0.25) is 5.41 Å². The summed E-state index contributed by atoms with van der Waals surface area (Å²) < 4.78 is 0. The predicted octanol–water partition coefficient (Wildman–Crippen LogP) is 3.32. The van der Waals surface area contributed by atoms with Crippen LogP contribution in [0.4, 0.5) is 5.69 Å². The van der Waals surface area contributed by atoms with E-state index >= 15 is 0 Å². The molecular weight excluding hydrogens is 242 g/mol. The predicted molar refractivity (Wildman–Crippen MR) is 82.0 cm³/mol. The first-order valence-electron chi connectivity index (χ1n) is 6.27. The molecule has 0 saturated carbocycles. The highest BCUT2D eigenvalue weighted by Crippen LogP contribution is 2.30. The van der Waals surface area contributed by atoms with E-state index in [1.807, 2.05) is 24.5 Å². The molecule has 0 fully saturated rings. The molecule has 0 amide bonds. The summed E-state index contributed by atoms with van der Waals surface area (Å²) in [5, 5.41) is 7.79. The van der Waals surface area contributed by atoms with E-state index in [4.69, 9.17) is 11.1 Å². The van der Waals surface area contributed by atoms with Crippen LogP contribution in [0.15, 0.2) is 23.1 Å². The number of thioether (sulfide) groups is 1. The summed E-state index contributed by atoms with van der Waals surface area (Å²) >= 11 is 1.63. The lowest BCUT2D eigenvalue weighted by molar-refractivity contribution is 0.615. The van der Waals surface area contributed by atoms with Gasteiger partial charge in [0.25, 0.3) is 0 Å². The molecule has 1 rings (SSSR count). The van der Waals surface area contributed by atoms with Gasteiger partial charge in [-0.05, 0) is 31.7 Å². The molecule has 0 aliphatic rings. The molecule has 0 spiro atoms. The monoisotopic (exact) mass is 265 g/mol. The van der Waals surface area contributed by atoms with Crippen molar-refractivity contribution in [2.75, 3.05) is 18.2 Å².